The number of imidazole rings is 2. The van der Waals surface area contributed by atoms with Crippen LogP contribution < -0.4 is 0 Å². The lowest BCUT2D eigenvalue weighted by Crippen LogP contribution is -2.01. The lowest BCUT2D eigenvalue weighted by atomic mass is 9.89. The summed E-state index contributed by atoms with van der Waals surface area (Å²) in [6.45, 7) is 0. The quantitative estimate of drug-likeness (QED) is 0.333. The first-order valence-corrected chi connectivity index (χ1v) is 10.4. The number of hydrogen-bond acceptors (Lipinski definition) is 1. The number of rotatable bonds is 1. The third-order valence-corrected chi connectivity index (χ3v) is 6.61. The summed E-state index contributed by atoms with van der Waals surface area (Å²) in [5.74, 6) is 1.20. The van der Waals surface area contributed by atoms with Gasteiger partial charge in [-0.1, -0.05) is 72.8 Å². The SMILES string of the molecule is Cn1c2ccc3c(c2n2c4ccccc4nc12)C(c1ccccc1)c1ccccc1-3. The van der Waals surface area contributed by atoms with E-state index in [0.717, 1.165) is 16.8 Å². The Balaban J connectivity index is 1.71. The Kier molecular flexibility index (Phi) is 2.99. The molecule has 4 aromatic carbocycles. The van der Waals surface area contributed by atoms with Gasteiger partial charge in [-0.15, -0.1) is 0 Å². The molecule has 0 amide bonds. The van der Waals surface area contributed by atoms with Crippen molar-refractivity contribution in [2.45, 2.75) is 5.92 Å². The van der Waals surface area contributed by atoms with Crippen LogP contribution in [-0.4, -0.2) is 14.0 Å². The summed E-state index contributed by atoms with van der Waals surface area (Å²) in [5, 5.41) is 0. The molecular formula is C27H19N3. The number of benzene rings is 4. The van der Waals surface area contributed by atoms with Gasteiger partial charge in [0.2, 0.25) is 5.78 Å². The molecule has 0 N–H and O–H groups in total. The minimum Gasteiger partial charge on any atom is -0.313 e. The maximum absolute atomic E-state index is 4.95. The van der Waals surface area contributed by atoms with Gasteiger partial charge in [-0.25, -0.2) is 4.98 Å². The number of hydrogen-bond donors (Lipinski definition) is 0. The lowest BCUT2D eigenvalue weighted by molar-refractivity contribution is 0.973. The van der Waals surface area contributed by atoms with Gasteiger partial charge < -0.3 is 4.57 Å². The van der Waals surface area contributed by atoms with Crippen molar-refractivity contribution in [1.82, 2.24) is 14.0 Å². The summed E-state index contributed by atoms with van der Waals surface area (Å²) in [5.41, 5.74) is 11.4. The molecule has 1 aliphatic rings. The molecule has 7 rings (SSSR count). The Morgan fingerprint density at radius 3 is 2.37 bits per heavy atom. The van der Waals surface area contributed by atoms with E-state index >= 15 is 0 Å². The molecule has 0 radical (unpaired) electrons. The number of aryl methyl sites for hydroxylation is 1. The van der Waals surface area contributed by atoms with Crippen molar-refractivity contribution in [1.29, 1.82) is 0 Å². The molecule has 1 unspecified atom stereocenters. The van der Waals surface area contributed by atoms with Crippen LogP contribution in [0.3, 0.4) is 0 Å². The highest BCUT2D eigenvalue weighted by Crippen LogP contribution is 2.51. The van der Waals surface area contributed by atoms with Gasteiger partial charge in [0, 0.05) is 13.0 Å². The van der Waals surface area contributed by atoms with Gasteiger partial charge in [0.1, 0.15) is 0 Å². The molecular weight excluding hydrogens is 366 g/mol. The largest absolute Gasteiger partial charge is 0.313 e. The van der Waals surface area contributed by atoms with Crippen molar-refractivity contribution in [3.63, 3.8) is 0 Å². The smallest absolute Gasteiger partial charge is 0.215 e. The molecule has 1 atom stereocenters. The molecule has 0 saturated carbocycles. The normalized spacial score (nSPS) is 15.2. The molecule has 3 nitrogen and oxygen atoms in total. The fourth-order valence-electron chi connectivity index (χ4n) is 5.34. The topological polar surface area (TPSA) is 22.2 Å². The molecule has 0 bridgehead atoms. The zero-order valence-corrected chi connectivity index (χ0v) is 16.6. The van der Waals surface area contributed by atoms with E-state index in [0.29, 0.717) is 0 Å². The second kappa shape index (κ2) is 5.61. The van der Waals surface area contributed by atoms with Gasteiger partial charge in [0.15, 0.2) is 0 Å². The van der Waals surface area contributed by atoms with Crippen molar-refractivity contribution in [3.8, 4) is 11.1 Å². The van der Waals surface area contributed by atoms with Crippen molar-refractivity contribution >= 4 is 27.8 Å². The zero-order chi connectivity index (χ0) is 19.8. The van der Waals surface area contributed by atoms with Crippen LogP contribution in [-0.2, 0) is 7.05 Å². The van der Waals surface area contributed by atoms with Crippen LogP contribution in [0.5, 0.6) is 0 Å². The van der Waals surface area contributed by atoms with E-state index in [9.17, 15) is 0 Å². The second-order valence-corrected chi connectivity index (χ2v) is 8.12. The van der Waals surface area contributed by atoms with Gasteiger partial charge >= 0.3 is 0 Å². The Hall–Kier alpha value is -3.85. The maximum atomic E-state index is 4.95. The molecule has 0 aliphatic heterocycles. The fraction of sp³-hybridized carbons (Fsp3) is 0.0741. The average molecular weight is 385 g/mol. The van der Waals surface area contributed by atoms with Gasteiger partial charge in [-0.2, -0.15) is 0 Å². The Morgan fingerprint density at radius 1 is 0.700 bits per heavy atom. The van der Waals surface area contributed by atoms with Crippen LogP contribution in [0.2, 0.25) is 0 Å². The van der Waals surface area contributed by atoms with E-state index < -0.39 is 0 Å². The van der Waals surface area contributed by atoms with E-state index in [4.69, 9.17) is 4.98 Å². The molecule has 0 saturated heterocycles. The first-order valence-electron chi connectivity index (χ1n) is 10.4. The number of nitrogens with zero attached hydrogens (tertiary/aromatic N) is 3. The van der Waals surface area contributed by atoms with Crippen LogP contribution in [0.15, 0.2) is 91.0 Å². The third-order valence-electron chi connectivity index (χ3n) is 6.61. The predicted molar refractivity (Wildman–Crippen MR) is 122 cm³/mol. The van der Waals surface area contributed by atoms with E-state index in [-0.39, 0.29) is 5.92 Å². The second-order valence-electron chi connectivity index (χ2n) is 8.12. The number of aromatic nitrogens is 3. The fourth-order valence-corrected chi connectivity index (χ4v) is 5.34. The molecule has 2 heterocycles. The van der Waals surface area contributed by atoms with E-state index in [1.807, 2.05) is 0 Å². The van der Waals surface area contributed by atoms with Crippen molar-refractivity contribution in [2.75, 3.05) is 0 Å². The Bertz CT molecular complexity index is 1600. The molecule has 3 heteroatoms. The molecule has 6 aromatic rings. The zero-order valence-electron chi connectivity index (χ0n) is 16.6. The van der Waals surface area contributed by atoms with Crippen LogP contribution in [0.25, 0.3) is 39.0 Å². The van der Waals surface area contributed by atoms with Crippen molar-refractivity contribution in [2.24, 2.45) is 7.05 Å². The van der Waals surface area contributed by atoms with Crippen molar-refractivity contribution < 1.29 is 0 Å². The van der Waals surface area contributed by atoms with Crippen LogP contribution in [0.1, 0.15) is 22.6 Å². The van der Waals surface area contributed by atoms with Gasteiger partial charge in [0.25, 0.3) is 0 Å². The highest BCUT2D eigenvalue weighted by Gasteiger charge is 2.33. The summed E-state index contributed by atoms with van der Waals surface area (Å²) in [7, 11) is 2.12. The summed E-state index contributed by atoms with van der Waals surface area (Å²) in [6.07, 6.45) is 0. The molecule has 0 fully saturated rings. The summed E-state index contributed by atoms with van der Waals surface area (Å²) < 4.78 is 4.58. The van der Waals surface area contributed by atoms with Crippen LogP contribution >= 0.6 is 0 Å². The maximum Gasteiger partial charge on any atom is 0.215 e. The minimum absolute atomic E-state index is 0.216. The van der Waals surface area contributed by atoms with Crippen LogP contribution in [0.4, 0.5) is 0 Å². The monoisotopic (exact) mass is 385 g/mol. The van der Waals surface area contributed by atoms with Crippen LogP contribution in [0, 0.1) is 0 Å². The van der Waals surface area contributed by atoms with Gasteiger partial charge in [0.05, 0.1) is 22.1 Å². The Morgan fingerprint density at radius 2 is 1.47 bits per heavy atom. The Labute approximate surface area is 173 Å². The molecule has 1 aliphatic carbocycles. The highest BCUT2D eigenvalue weighted by molar-refractivity contribution is 5.99. The molecule has 0 spiro atoms. The summed E-state index contributed by atoms with van der Waals surface area (Å²) in [4.78, 5) is 4.95. The van der Waals surface area contributed by atoms with Gasteiger partial charge in [-0.3, -0.25) is 4.40 Å². The van der Waals surface area contributed by atoms with Crippen molar-refractivity contribution in [3.05, 3.63) is 108 Å². The first-order chi connectivity index (χ1) is 14.8. The predicted octanol–water partition coefficient (Wildman–Crippen LogP) is 6.14. The van der Waals surface area contributed by atoms with Gasteiger partial charge in [-0.05, 0) is 46.0 Å². The standard InChI is InChI=1S/C27H19N3/c1-29-23-16-15-20-18-11-5-6-12-19(18)24(17-9-3-2-4-10-17)25(20)26(23)30-22-14-8-7-13-21(22)28-27(29)30/h2-16,24H,1H3. The summed E-state index contributed by atoms with van der Waals surface area (Å²) in [6, 6.07) is 32.7. The molecule has 142 valence electrons. The molecule has 2 aromatic heterocycles. The summed E-state index contributed by atoms with van der Waals surface area (Å²) >= 11 is 0. The highest BCUT2D eigenvalue weighted by atomic mass is 15.2. The number of para-hydroxylation sites is 2. The third kappa shape index (κ3) is 1.87. The van der Waals surface area contributed by atoms with E-state index in [2.05, 4.69) is 107 Å². The number of fused-ring (bicyclic) bond motifs is 9. The molecule has 30 heavy (non-hydrogen) atoms. The van der Waals surface area contributed by atoms with E-state index in [1.54, 1.807) is 0 Å². The minimum atomic E-state index is 0.216. The lowest BCUT2D eigenvalue weighted by Gasteiger charge is -2.15. The first kappa shape index (κ1) is 16.0. The average Bonchev–Trinajstić information content (AvgIpc) is 3.42. The van der Waals surface area contributed by atoms with E-state index in [1.165, 1.54) is 38.9 Å².